The van der Waals surface area contributed by atoms with Gasteiger partial charge in [-0.1, -0.05) is 35.0 Å². The minimum atomic E-state index is 0.0703. The molecule has 25 heavy (non-hydrogen) atoms. The Hall–Kier alpha value is -2.18. The number of hydrogen-bond donors (Lipinski definition) is 1. The van der Waals surface area contributed by atoms with Crippen LogP contribution in [-0.4, -0.2) is 40.6 Å². The fraction of sp³-hybridized carbons (Fsp3) is 0.389. The zero-order valence-corrected chi connectivity index (χ0v) is 14.7. The van der Waals surface area contributed by atoms with Crippen LogP contribution in [0.3, 0.4) is 0 Å². The van der Waals surface area contributed by atoms with E-state index in [0.29, 0.717) is 29.8 Å². The molecule has 1 N–H and O–H groups in total. The normalized spacial score (nSPS) is 15.9. The predicted molar refractivity (Wildman–Crippen MR) is 96.0 cm³/mol. The van der Waals surface area contributed by atoms with Gasteiger partial charge >= 0.3 is 0 Å². The molecule has 1 saturated heterocycles. The van der Waals surface area contributed by atoms with E-state index < -0.39 is 0 Å². The second kappa shape index (κ2) is 8.27. The van der Waals surface area contributed by atoms with Gasteiger partial charge in [0.2, 0.25) is 17.6 Å². The van der Waals surface area contributed by atoms with Crippen LogP contribution in [0.4, 0.5) is 0 Å². The number of nitrogens with zero attached hydrogens (tertiary/aromatic N) is 3. The van der Waals surface area contributed by atoms with Gasteiger partial charge in [-0.2, -0.15) is 4.98 Å². The number of carbonyl (C=O) groups is 1. The Morgan fingerprint density at radius 2 is 2.24 bits per heavy atom. The number of likely N-dealkylation sites (tertiary alicyclic amines) is 1. The van der Waals surface area contributed by atoms with Crippen molar-refractivity contribution in [1.82, 2.24) is 20.4 Å². The van der Waals surface area contributed by atoms with E-state index in [2.05, 4.69) is 26.9 Å². The van der Waals surface area contributed by atoms with Gasteiger partial charge in [0.1, 0.15) is 0 Å². The smallest absolute Gasteiger partial charge is 0.241 e. The number of benzene rings is 1. The van der Waals surface area contributed by atoms with Crippen LogP contribution in [0, 0.1) is 5.92 Å². The third-order valence-corrected chi connectivity index (χ3v) is 4.52. The molecule has 2 aromatic rings. The summed E-state index contributed by atoms with van der Waals surface area (Å²) in [5.74, 6) is 1.29. The summed E-state index contributed by atoms with van der Waals surface area (Å²) >= 11 is 6.00. The molecule has 0 unspecified atom stereocenters. The highest BCUT2D eigenvalue weighted by Gasteiger charge is 2.25. The highest BCUT2D eigenvalue weighted by atomic mass is 35.5. The first-order chi connectivity index (χ1) is 12.2. The zero-order valence-electron chi connectivity index (χ0n) is 13.9. The molecule has 1 aromatic carbocycles. The van der Waals surface area contributed by atoms with Crippen molar-refractivity contribution in [1.29, 1.82) is 0 Å². The molecule has 0 aliphatic carbocycles. The lowest BCUT2D eigenvalue weighted by Gasteiger charge is -2.30. The number of aromatic nitrogens is 2. The third-order valence-electron chi connectivity index (χ3n) is 4.29. The lowest BCUT2D eigenvalue weighted by atomic mass is 9.96. The average molecular weight is 361 g/mol. The molecule has 1 aliphatic rings. The van der Waals surface area contributed by atoms with Gasteiger partial charge in [-0.05, 0) is 38.1 Å². The van der Waals surface area contributed by atoms with Crippen LogP contribution in [0.2, 0.25) is 5.02 Å². The predicted octanol–water partition coefficient (Wildman–Crippen LogP) is 2.90. The molecule has 3 rings (SSSR count). The summed E-state index contributed by atoms with van der Waals surface area (Å²) in [5, 5.41) is 7.53. The Bertz CT molecular complexity index is 738. The molecule has 7 heteroatoms. The molecule has 0 spiro atoms. The van der Waals surface area contributed by atoms with Gasteiger partial charge in [0.25, 0.3) is 0 Å². The van der Waals surface area contributed by atoms with E-state index in [1.54, 1.807) is 12.1 Å². The minimum absolute atomic E-state index is 0.0703. The fourth-order valence-corrected chi connectivity index (χ4v) is 3.12. The first-order valence-electron chi connectivity index (χ1n) is 8.35. The minimum Gasteiger partial charge on any atom is -0.352 e. The topological polar surface area (TPSA) is 71.3 Å². The molecule has 1 aliphatic heterocycles. The monoisotopic (exact) mass is 360 g/mol. The van der Waals surface area contributed by atoms with Crippen molar-refractivity contribution in [2.45, 2.75) is 19.4 Å². The molecular weight excluding hydrogens is 340 g/mol. The van der Waals surface area contributed by atoms with E-state index in [0.717, 1.165) is 31.5 Å². The number of carbonyl (C=O) groups excluding carboxylic acids is 1. The maximum absolute atomic E-state index is 12.0. The number of amides is 1. The molecule has 1 amide bonds. The van der Waals surface area contributed by atoms with E-state index in [9.17, 15) is 4.79 Å². The molecule has 0 radical (unpaired) electrons. The van der Waals surface area contributed by atoms with Crippen LogP contribution in [0.25, 0.3) is 11.4 Å². The second-order valence-corrected chi connectivity index (χ2v) is 6.54. The van der Waals surface area contributed by atoms with Crippen LogP contribution >= 0.6 is 11.6 Å². The largest absolute Gasteiger partial charge is 0.352 e. The van der Waals surface area contributed by atoms with Gasteiger partial charge in [0, 0.05) is 23.0 Å². The molecule has 0 atom stereocenters. The van der Waals surface area contributed by atoms with E-state index in [-0.39, 0.29) is 11.8 Å². The number of nitrogens with one attached hydrogen (secondary N) is 1. The standard InChI is InChI=1S/C18H21ClN4O2/c1-2-8-20-18(24)13-6-9-23(10-7-13)12-16-21-17(22-25-16)14-4-3-5-15(19)11-14/h2-5,11,13H,1,6-10,12H2,(H,20,24). The van der Waals surface area contributed by atoms with E-state index in [4.69, 9.17) is 16.1 Å². The zero-order chi connectivity index (χ0) is 17.6. The summed E-state index contributed by atoms with van der Waals surface area (Å²) in [6.07, 6.45) is 3.36. The summed E-state index contributed by atoms with van der Waals surface area (Å²) < 4.78 is 5.35. The average Bonchev–Trinajstić information content (AvgIpc) is 3.09. The van der Waals surface area contributed by atoms with Crippen LogP contribution in [-0.2, 0) is 11.3 Å². The Balaban J connectivity index is 1.53. The molecular formula is C18H21ClN4O2. The van der Waals surface area contributed by atoms with E-state index in [1.165, 1.54) is 0 Å². The summed E-state index contributed by atoms with van der Waals surface area (Å²) in [6, 6.07) is 7.37. The molecule has 2 heterocycles. The number of piperidine rings is 1. The Morgan fingerprint density at radius 3 is 2.96 bits per heavy atom. The SMILES string of the molecule is C=CCNC(=O)C1CCN(Cc2nc(-c3cccc(Cl)c3)no2)CC1. The molecule has 6 nitrogen and oxygen atoms in total. The van der Waals surface area contributed by atoms with Crippen molar-refractivity contribution in [3.05, 3.63) is 47.8 Å². The third kappa shape index (κ3) is 4.67. The van der Waals surface area contributed by atoms with Crippen molar-refractivity contribution >= 4 is 17.5 Å². The number of halogens is 1. The Kier molecular flexibility index (Phi) is 5.83. The van der Waals surface area contributed by atoms with Crippen molar-refractivity contribution < 1.29 is 9.32 Å². The number of hydrogen-bond acceptors (Lipinski definition) is 5. The van der Waals surface area contributed by atoms with Gasteiger partial charge in [-0.15, -0.1) is 6.58 Å². The summed E-state index contributed by atoms with van der Waals surface area (Å²) in [6.45, 7) is 6.39. The van der Waals surface area contributed by atoms with E-state index >= 15 is 0 Å². The van der Waals surface area contributed by atoms with Gasteiger partial charge in [-0.3, -0.25) is 9.69 Å². The molecule has 0 saturated carbocycles. The van der Waals surface area contributed by atoms with Gasteiger partial charge in [0.05, 0.1) is 6.54 Å². The molecule has 132 valence electrons. The molecule has 1 fully saturated rings. The fourth-order valence-electron chi connectivity index (χ4n) is 2.93. The van der Waals surface area contributed by atoms with E-state index in [1.807, 2.05) is 18.2 Å². The van der Waals surface area contributed by atoms with Gasteiger partial charge in [0.15, 0.2) is 0 Å². The maximum atomic E-state index is 12.0. The van der Waals surface area contributed by atoms with Crippen LogP contribution in [0.15, 0.2) is 41.4 Å². The van der Waals surface area contributed by atoms with Crippen LogP contribution < -0.4 is 5.32 Å². The Labute approximate surface area is 151 Å². The maximum Gasteiger partial charge on any atom is 0.241 e. The summed E-state index contributed by atoms with van der Waals surface area (Å²) in [5.41, 5.74) is 0.833. The second-order valence-electron chi connectivity index (χ2n) is 6.11. The first-order valence-corrected chi connectivity index (χ1v) is 8.73. The number of rotatable bonds is 6. The van der Waals surface area contributed by atoms with Crippen molar-refractivity contribution in [2.24, 2.45) is 5.92 Å². The lowest BCUT2D eigenvalue weighted by Crippen LogP contribution is -2.40. The van der Waals surface area contributed by atoms with Gasteiger partial charge in [-0.25, -0.2) is 0 Å². The summed E-state index contributed by atoms with van der Waals surface area (Å²) in [7, 11) is 0. The highest BCUT2D eigenvalue weighted by molar-refractivity contribution is 6.30. The first kappa shape index (κ1) is 17.6. The Morgan fingerprint density at radius 1 is 1.44 bits per heavy atom. The van der Waals surface area contributed by atoms with Gasteiger partial charge < -0.3 is 9.84 Å². The quantitative estimate of drug-likeness (QED) is 0.802. The van der Waals surface area contributed by atoms with Crippen molar-refractivity contribution in [3.63, 3.8) is 0 Å². The molecule has 1 aromatic heterocycles. The lowest BCUT2D eigenvalue weighted by molar-refractivity contribution is -0.126. The van der Waals surface area contributed by atoms with Crippen LogP contribution in [0.5, 0.6) is 0 Å². The highest BCUT2D eigenvalue weighted by Crippen LogP contribution is 2.22. The summed E-state index contributed by atoms with van der Waals surface area (Å²) in [4.78, 5) is 18.7. The van der Waals surface area contributed by atoms with Crippen LogP contribution in [0.1, 0.15) is 18.7 Å². The molecule has 0 bridgehead atoms. The van der Waals surface area contributed by atoms with Crippen molar-refractivity contribution in [3.8, 4) is 11.4 Å². The van der Waals surface area contributed by atoms with Crippen molar-refractivity contribution in [2.75, 3.05) is 19.6 Å².